The number of nitrogens with zero attached hydrogens (tertiary/aromatic N) is 1. The monoisotopic (exact) mass is 118 g/mol. The maximum atomic E-state index is 8.56. The van der Waals surface area contributed by atoms with Crippen molar-refractivity contribution in [2.45, 2.75) is 0 Å². The highest BCUT2D eigenvalue weighted by atomic mass is 32.2. The third-order valence-electron chi connectivity index (χ3n) is 0.640. The molecule has 0 saturated carbocycles. The van der Waals surface area contributed by atoms with Gasteiger partial charge in [-0.2, -0.15) is 0 Å². The molecule has 0 saturated heterocycles. The summed E-state index contributed by atoms with van der Waals surface area (Å²) in [6.07, 6.45) is 1.49. The Morgan fingerprint density at radius 1 is 2.00 bits per heavy atom. The van der Waals surface area contributed by atoms with Gasteiger partial charge in [0.1, 0.15) is 0 Å². The zero-order valence-electron chi connectivity index (χ0n) is 3.66. The van der Waals surface area contributed by atoms with E-state index in [1.54, 1.807) is 0 Å². The molecule has 0 radical (unpaired) electrons. The molecule has 0 atom stereocenters. The number of rotatable bonds is 0. The molecule has 1 aliphatic rings. The van der Waals surface area contributed by atoms with Crippen molar-refractivity contribution >= 4 is 11.8 Å². The van der Waals surface area contributed by atoms with Crippen molar-refractivity contribution in [2.24, 2.45) is 5.73 Å². The Hall–Kier alpha value is -0.350. The van der Waals surface area contributed by atoms with E-state index in [4.69, 9.17) is 10.9 Å². The van der Waals surface area contributed by atoms with Crippen molar-refractivity contribution < 1.29 is 5.21 Å². The molecule has 0 spiro atoms. The first-order valence-electron chi connectivity index (χ1n) is 1.84. The lowest BCUT2D eigenvalue weighted by atomic mass is 10.9. The summed E-state index contributed by atoms with van der Waals surface area (Å²) in [6.45, 7) is 0. The van der Waals surface area contributed by atoms with Crippen LogP contribution in [-0.4, -0.2) is 16.1 Å². The highest BCUT2D eigenvalue weighted by Gasteiger charge is 2.04. The summed E-state index contributed by atoms with van der Waals surface area (Å²) < 4.78 is 0. The zero-order valence-corrected chi connectivity index (χ0v) is 4.48. The maximum Gasteiger partial charge on any atom is 0.0962 e. The van der Waals surface area contributed by atoms with Crippen LogP contribution in [0.15, 0.2) is 11.2 Å². The van der Waals surface area contributed by atoms with Crippen LogP contribution >= 0.6 is 11.8 Å². The first kappa shape index (κ1) is 4.80. The van der Waals surface area contributed by atoms with Crippen LogP contribution in [0.5, 0.6) is 0 Å². The molecule has 0 unspecified atom stereocenters. The van der Waals surface area contributed by atoms with Gasteiger partial charge in [-0.1, -0.05) is 11.8 Å². The van der Waals surface area contributed by atoms with Gasteiger partial charge in [-0.15, -0.1) is 0 Å². The summed E-state index contributed by atoms with van der Waals surface area (Å²) in [5.74, 6) is 0.561. The summed E-state index contributed by atoms with van der Waals surface area (Å²) >= 11 is 1.42. The van der Waals surface area contributed by atoms with Crippen molar-refractivity contribution in [1.29, 1.82) is 0 Å². The van der Waals surface area contributed by atoms with Crippen molar-refractivity contribution in [3.63, 3.8) is 0 Å². The number of thioether (sulfide) groups is 1. The highest BCUT2D eigenvalue weighted by Crippen LogP contribution is 2.17. The maximum absolute atomic E-state index is 8.56. The van der Waals surface area contributed by atoms with Gasteiger partial charge in [0.05, 0.1) is 17.1 Å². The summed E-state index contributed by atoms with van der Waals surface area (Å²) in [7, 11) is 0. The van der Waals surface area contributed by atoms with E-state index in [9.17, 15) is 0 Å². The lowest BCUT2D eigenvalue weighted by Crippen LogP contribution is -2.04. The average molecular weight is 118 g/mol. The lowest BCUT2D eigenvalue weighted by Gasteiger charge is -1.98. The Labute approximate surface area is 45.7 Å². The second-order valence-corrected chi connectivity index (χ2v) is 2.26. The molecule has 0 aromatic heterocycles. The smallest absolute Gasteiger partial charge is 0.0962 e. The summed E-state index contributed by atoms with van der Waals surface area (Å²) in [5, 5.41) is 10.3. The van der Waals surface area contributed by atoms with E-state index in [2.05, 4.69) is 0 Å². The standard InChI is InChI=1S/C3H6N2OS/c4-3-1-5(6)2-7-3/h1,6H,2,4H2. The predicted molar refractivity (Wildman–Crippen MR) is 28.4 cm³/mol. The Morgan fingerprint density at radius 3 is 2.86 bits per heavy atom. The van der Waals surface area contributed by atoms with Gasteiger partial charge < -0.3 is 5.73 Å². The van der Waals surface area contributed by atoms with Crippen molar-refractivity contribution in [1.82, 2.24) is 5.06 Å². The molecule has 0 fully saturated rings. The fraction of sp³-hybridized carbons (Fsp3) is 0.333. The fourth-order valence-corrected chi connectivity index (χ4v) is 0.914. The SMILES string of the molecule is NC1=CN(O)CS1. The second kappa shape index (κ2) is 1.63. The van der Waals surface area contributed by atoms with E-state index in [-0.39, 0.29) is 0 Å². The third kappa shape index (κ3) is 1.01. The van der Waals surface area contributed by atoms with Crippen molar-refractivity contribution in [3.05, 3.63) is 11.2 Å². The fourth-order valence-electron chi connectivity index (χ4n) is 0.362. The molecule has 0 aliphatic carbocycles. The van der Waals surface area contributed by atoms with Crippen LogP contribution in [-0.2, 0) is 0 Å². The van der Waals surface area contributed by atoms with Crippen LogP contribution in [0.4, 0.5) is 0 Å². The number of hydrogen-bond donors (Lipinski definition) is 2. The molecule has 3 nitrogen and oxygen atoms in total. The molecule has 0 amide bonds. The van der Waals surface area contributed by atoms with E-state index in [0.29, 0.717) is 10.9 Å². The second-order valence-electron chi connectivity index (χ2n) is 1.24. The van der Waals surface area contributed by atoms with Crippen LogP contribution < -0.4 is 5.73 Å². The minimum absolute atomic E-state index is 0.561. The molecule has 4 heteroatoms. The Balaban J connectivity index is 2.50. The lowest BCUT2D eigenvalue weighted by molar-refractivity contribution is -0.0177. The van der Waals surface area contributed by atoms with E-state index < -0.39 is 0 Å². The molecular formula is C3H6N2OS. The normalized spacial score (nSPS) is 20.1. The molecule has 1 aliphatic heterocycles. The van der Waals surface area contributed by atoms with Crippen molar-refractivity contribution in [3.8, 4) is 0 Å². The van der Waals surface area contributed by atoms with E-state index in [1.165, 1.54) is 18.0 Å². The number of nitrogens with two attached hydrogens (primary N) is 1. The zero-order chi connectivity index (χ0) is 5.28. The van der Waals surface area contributed by atoms with Gasteiger partial charge in [0.15, 0.2) is 0 Å². The Kier molecular flexibility index (Phi) is 1.12. The van der Waals surface area contributed by atoms with Crippen LogP contribution in [0, 0.1) is 0 Å². The van der Waals surface area contributed by atoms with E-state index >= 15 is 0 Å². The molecule has 7 heavy (non-hydrogen) atoms. The number of hydrogen-bond acceptors (Lipinski definition) is 4. The van der Waals surface area contributed by atoms with E-state index in [0.717, 1.165) is 5.06 Å². The molecule has 0 bridgehead atoms. The number of hydroxylamine groups is 2. The van der Waals surface area contributed by atoms with Gasteiger partial charge in [0.25, 0.3) is 0 Å². The van der Waals surface area contributed by atoms with E-state index in [1.807, 2.05) is 0 Å². The quantitative estimate of drug-likeness (QED) is 0.475. The van der Waals surface area contributed by atoms with Crippen molar-refractivity contribution in [2.75, 3.05) is 5.88 Å². The topological polar surface area (TPSA) is 49.5 Å². The largest absolute Gasteiger partial charge is 0.392 e. The average Bonchev–Trinajstić information content (AvgIpc) is 1.87. The van der Waals surface area contributed by atoms with Gasteiger partial charge in [0.2, 0.25) is 0 Å². The summed E-state index contributed by atoms with van der Waals surface area (Å²) in [6, 6.07) is 0. The van der Waals surface area contributed by atoms with Gasteiger partial charge in [-0.3, -0.25) is 10.3 Å². The Morgan fingerprint density at radius 2 is 2.71 bits per heavy atom. The summed E-state index contributed by atoms with van der Waals surface area (Å²) in [5.41, 5.74) is 5.25. The van der Waals surface area contributed by atoms with Crippen LogP contribution in [0.1, 0.15) is 0 Å². The molecule has 0 aromatic carbocycles. The third-order valence-corrected chi connectivity index (χ3v) is 1.47. The van der Waals surface area contributed by atoms with Crippen LogP contribution in [0.25, 0.3) is 0 Å². The first-order valence-corrected chi connectivity index (χ1v) is 2.83. The van der Waals surface area contributed by atoms with Crippen LogP contribution in [0.3, 0.4) is 0 Å². The first-order chi connectivity index (χ1) is 3.29. The van der Waals surface area contributed by atoms with Gasteiger partial charge in [-0.05, 0) is 0 Å². The van der Waals surface area contributed by atoms with Gasteiger partial charge >= 0.3 is 0 Å². The molecule has 0 aromatic rings. The molecule has 1 rings (SSSR count). The minimum atomic E-state index is 0.561. The van der Waals surface area contributed by atoms with Gasteiger partial charge in [0, 0.05) is 0 Å². The highest BCUT2D eigenvalue weighted by molar-refractivity contribution is 8.03. The molecule has 40 valence electrons. The van der Waals surface area contributed by atoms with Gasteiger partial charge in [-0.25, -0.2) is 0 Å². The Bertz CT molecular complexity index is 103. The van der Waals surface area contributed by atoms with Crippen LogP contribution in [0.2, 0.25) is 0 Å². The molecule has 1 heterocycles. The molecular weight excluding hydrogens is 112 g/mol. The minimum Gasteiger partial charge on any atom is -0.392 e. The predicted octanol–water partition coefficient (Wildman–Crippen LogP) is 0.140. The summed E-state index contributed by atoms with van der Waals surface area (Å²) in [4.78, 5) is 0. The molecule has 3 N–H and O–H groups in total.